The summed E-state index contributed by atoms with van der Waals surface area (Å²) >= 11 is 1.04. The van der Waals surface area contributed by atoms with Crippen molar-refractivity contribution in [2.75, 3.05) is 16.6 Å². The Balaban J connectivity index is 1.67. The van der Waals surface area contributed by atoms with Crippen molar-refractivity contribution in [2.45, 2.75) is 25.0 Å². The lowest BCUT2D eigenvalue weighted by Crippen LogP contribution is -2.22. The van der Waals surface area contributed by atoms with E-state index in [1.807, 2.05) is 32.9 Å². The highest BCUT2D eigenvalue weighted by Gasteiger charge is 2.19. The Kier molecular flexibility index (Phi) is 6.85. The molecular weight excluding hydrogens is 452 g/mol. The molecule has 0 fully saturated rings. The maximum absolute atomic E-state index is 12.4. The first-order chi connectivity index (χ1) is 15.1. The molecule has 2 aromatic carbocycles. The Morgan fingerprint density at radius 2 is 1.75 bits per heavy atom. The summed E-state index contributed by atoms with van der Waals surface area (Å²) in [5, 5.41) is 14.4. The number of esters is 1. The third-order valence-electron chi connectivity index (χ3n) is 4.50. The van der Waals surface area contributed by atoms with E-state index in [1.54, 1.807) is 11.4 Å². The molecule has 0 aliphatic carbocycles. The summed E-state index contributed by atoms with van der Waals surface area (Å²) in [4.78, 5) is 24.7. The van der Waals surface area contributed by atoms with E-state index in [4.69, 9.17) is 4.74 Å². The minimum Gasteiger partial charge on any atom is -0.507 e. The number of phenolic OH excluding ortho intramolecular Hbond substituents is 1. The van der Waals surface area contributed by atoms with Crippen LogP contribution in [0.15, 0.2) is 52.1 Å². The molecule has 0 aliphatic heterocycles. The Morgan fingerprint density at radius 3 is 2.38 bits per heavy atom. The first-order valence-electron chi connectivity index (χ1n) is 9.51. The molecule has 3 rings (SSSR count). The molecule has 0 atom stereocenters. The number of ether oxygens (including phenoxy) is 1. The van der Waals surface area contributed by atoms with Crippen LogP contribution in [0.1, 0.15) is 27.0 Å². The number of carbonyl (C=O) groups is 2. The van der Waals surface area contributed by atoms with Crippen molar-refractivity contribution in [3.63, 3.8) is 0 Å². The Morgan fingerprint density at radius 1 is 1.06 bits per heavy atom. The second-order valence-electron chi connectivity index (χ2n) is 7.17. The van der Waals surface area contributed by atoms with Gasteiger partial charge in [0.05, 0.1) is 0 Å². The fourth-order valence-corrected chi connectivity index (χ4v) is 5.19. The number of aryl methyl sites for hydroxylation is 3. The Hall–Kier alpha value is -3.37. The predicted molar refractivity (Wildman–Crippen MR) is 123 cm³/mol. The molecule has 1 heterocycles. The van der Waals surface area contributed by atoms with Crippen LogP contribution < -0.4 is 10.0 Å². The molecule has 168 valence electrons. The van der Waals surface area contributed by atoms with Crippen molar-refractivity contribution in [2.24, 2.45) is 0 Å². The van der Waals surface area contributed by atoms with Crippen LogP contribution >= 0.6 is 11.3 Å². The van der Waals surface area contributed by atoms with Gasteiger partial charge in [-0.3, -0.25) is 9.52 Å². The summed E-state index contributed by atoms with van der Waals surface area (Å²) in [5.74, 6) is -1.91. The number of phenols is 1. The van der Waals surface area contributed by atoms with E-state index in [0.717, 1.165) is 34.1 Å². The van der Waals surface area contributed by atoms with Gasteiger partial charge in [-0.1, -0.05) is 23.8 Å². The number of rotatable bonds is 7. The highest BCUT2D eigenvalue weighted by atomic mass is 32.2. The largest absolute Gasteiger partial charge is 0.507 e. The standard InChI is InChI=1S/C22H22N2O6S2/c1-13-9-14(2)21(15(3)10-13)23-19(26)12-30-22(27)17-11-16(6-7-18(17)25)24-32(28,29)20-5-4-8-31-20/h4-11,24-25H,12H2,1-3H3,(H,23,26). The number of benzene rings is 2. The minimum absolute atomic E-state index is 0.0681. The van der Waals surface area contributed by atoms with Crippen LogP contribution in [0.4, 0.5) is 11.4 Å². The van der Waals surface area contributed by atoms with Gasteiger partial charge in [-0.05, 0) is 61.5 Å². The zero-order chi connectivity index (χ0) is 23.5. The monoisotopic (exact) mass is 474 g/mol. The molecule has 0 saturated carbocycles. The molecule has 32 heavy (non-hydrogen) atoms. The summed E-state index contributed by atoms with van der Waals surface area (Å²) < 4.78 is 32.2. The van der Waals surface area contributed by atoms with Crippen molar-refractivity contribution in [1.82, 2.24) is 0 Å². The van der Waals surface area contributed by atoms with Gasteiger partial charge in [0.2, 0.25) is 0 Å². The summed E-state index contributed by atoms with van der Waals surface area (Å²) in [5.41, 5.74) is 3.26. The number of hydrogen-bond acceptors (Lipinski definition) is 7. The second-order valence-corrected chi connectivity index (χ2v) is 10.0. The zero-order valence-corrected chi connectivity index (χ0v) is 19.3. The van der Waals surface area contributed by atoms with Gasteiger partial charge in [-0.25, -0.2) is 13.2 Å². The lowest BCUT2D eigenvalue weighted by molar-refractivity contribution is -0.119. The molecule has 3 aromatic rings. The quantitative estimate of drug-likeness (QED) is 0.352. The van der Waals surface area contributed by atoms with Gasteiger partial charge in [0.25, 0.3) is 15.9 Å². The SMILES string of the molecule is Cc1cc(C)c(NC(=O)COC(=O)c2cc(NS(=O)(=O)c3cccs3)ccc2O)c(C)c1. The molecule has 1 aromatic heterocycles. The number of hydrogen-bond donors (Lipinski definition) is 3. The second kappa shape index (κ2) is 9.41. The number of thiophene rings is 1. The van der Waals surface area contributed by atoms with Gasteiger partial charge in [0.15, 0.2) is 6.61 Å². The molecule has 0 bridgehead atoms. The molecule has 10 heteroatoms. The number of aromatic hydroxyl groups is 1. The molecular formula is C22H22N2O6S2. The minimum atomic E-state index is -3.83. The number of sulfonamides is 1. The van der Waals surface area contributed by atoms with Gasteiger partial charge >= 0.3 is 5.97 Å². The molecule has 3 N–H and O–H groups in total. The number of anilines is 2. The molecule has 0 unspecified atom stereocenters. The predicted octanol–water partition coefficient (Wildman–Crippen LogP) is 3.98. The third-order valence-corrected chi connectivity index (χ3v) is 7.28. The average molecular weight is 475 g/mol. The van der Waals surface area contributed by atoms with E-state index in [1.165, 1.54) is 18.2 Å². The average Bonchev–Trinajstić information content (AvgIpc) is 3.26. The van der Waals surface area contributed by atoms with Crippen LogP contribution in [0.3, 0.4) is 0 Å². The summed E-state index contributed by atoms with van der Waals surface area (Å²) in [6.45, 7) is 5.11. The van der Waals surface area contributed by atoms with Gasteiger partial charge in [0.1, 0.15) is 15.5 Å². The topological polar surface area (TPSA) is 122 Å². The van der Waals surface area contributed by atoms with Gasteiger partial charge in [-0.2, -0.15) is 0 Å². The first-order valence-corrected chi connectivity index (χ1v) is 11.9. The fourth-order valence-electron chi connectivity index (χ4n) is 3.15. The number of carbonyl (C=O) groups excluding carboxylic acids is 2. The molecule has 1 amide bonds. The summed E-state index contributed by atoms with van der Waals surface area (Å²) in [7, 11) is -3.83. The van der Waals surface area contributed by atoms with E-state index in [2.05, 4.69) is 10.0 Å². The highest BCUT2D eigenvalue weighted by molar-refractivity contribution is 7.94. The summed E-state index contributed by atoms with van der Waals surface area (Å²) in [6.07, 6.45) is 0. The van der Waals surface area contributed by atoms with E-state index in [-0.39, 0.29) is 15.5 Å². The van der Waals surface area contributed by atoms with Gasteiger partial charge in [-0.15, -0.1) is 11.3 Å². The maximum atomic E-state index is 12.4. The zero-order valence-electron chi connectivity index (χ0n) is 17.6. The summed E-state index contributed by atoms with van der Waals surface area (Å²) in [6, 6.07) is 10.5. The molecule has 0 radical (unpaired) electrons. The van der Waals surface area contributed by atoms with E-state index >= 15 is 0 Å². The van der Waals surface area contributed by atoms with Crippen molar-refractivity contribution < 1.29 is 27.9 Å². The van der Waals surface area contributed by atoms with Crippen molar-refractivity contribution in [1.29, 1.82) is 0 Å². The number of amides is 1. The molecule has 0 spiro atoms. The van der Waals surface area contributed by atoms with Crippen LogP contribution in [-0.2, 0) is 19.6 Å². The van der Waals surface area contributed by atoms with Crippen LogP contribution in [0.25, 0.3) is 0 Å². The van der Waals surface area contributed by atoms with Crippen LogP contribution in [0.5, 0.6) is 5.75 Å². The van der Waals surface area contributed by atoms with Crippen LogP contribution in [-0.4, -0.2) is 32.0 Å². The lowest BCUT2D eigenvalue weighted by atomic mass is 10.1. The smallest absolute Gasteiger partial charge is 0.342 e. The van der Waals surface area contributed by atoms with E-state index in [9.17, 15) is 23.1 Å². The maximum Gasteiger partial charge on any atom is 0.342 e. The fraction of sp³-hybridized carbons (Fsp3) is 0.182. The first kappa shape index (κ1) is 23.3. The van der Waals surface area contributed by atoms with E-state index < -0.39 is 34.3 Å². The van der Waals surface area contributed by atoms with Gasteiger partial charge in [0, 0.05) is 11.4 Å². The van der Waals surface area contributed by atoms with Crippen LogP contribution in [0.2, 0.25) is 0 Å². The van der Waals surface area contributed by atoms with E-state index in [0.29, 0.717) is 5.69 Å². The highest BCUT2D eigenvalue weighted by Crippen LogP contribution is 2.26. The van der Waals surface area contributed by atoms with Gasteiger partial charge < -0.3 is 15.2 Å². The van der Waals surface area contributed by atoms with Crippen molar-refractivity contribution >= 4 is 44.6 Å². The normalized spacial score (nSPS) is 11.1. The Labute approximate surface area is 189 Å². The van der Waals surface area contributed by atoms with Crippen molar-refractivity contribution in [3.05, 3.63) is 70.1 Å². The molecule has 0 saturated heterocycles. The Bertz CT molecular complexity index is 1240. The lowest BCUT2D eigenvalue weighted by Gasteiger charge is -2.13. The molecule has 8 nitrogen and oxygen atoms in total. The third kappa shape index (κ3) is 5.45. The molecule has 0 aliphatic rings. The van der Waals surface area contributed by atoms with Crippen molar-refractivity contribution in [3.8, 4) is 5.75 Å². The van der Waals surface area contributed by atoms with Crippen LogP contribution in [0, 0.1) is 20.8 Å². The number of nitrogens with one attached hydrogen (secondary N) is 2.